The molecule has 0 heterocycles. The molecule has 0 unspecified atom stereocenters. The molecule has 0 amide bonds. The third-order valence-corrected chi connectivity index (χ3v) is 4.37. The average molecular weight is 146 g/mol. The third-order valence-electron chi connectivity index (χ3n) is 1.46. The average Bonchev–Trinajstić information content (AvgIpc) is 1.81. The predicted octanol–water partition coefficient (Wildman–Crippen LogP) is 0.576. The Morgan fingerprint density at radius 1 is 1.38 bits per heavy atom. The van der Waals surface area contributed by atoms with E-state index in [-0.39, 0.29) is 0 Å². The molecule has 0 aromatic carbocycles. The molecule has 0 aliphatic rings. The summed E-state index contributed by atoms with van der Waals surface area (Å²) in [5, 5.41) is 0. The van der Waals surface area contributed by atoms with Gasteiger partial charge in [0.25, 0.3) is 0 Å². The SMILES string of the molecule is CCC[SiH2]CCC[SiH3]. The van der Waals surface area contributed by atoms with Crippen molar-refractivity contribution in [3.63, 3.8) is 0 Å². The topological polar surface area (TPSA) is 0 Å². The van der Waals surface area contributed by atoms with Crippen LogP contribution in [0.1, 0.15) is 19.8 Å². The second kappa shape index (κ2) is 7.43. The highest BCUT2D eigenvalue weighted by Crippen LogP contribution is 1.96. The lowest BCUT2D eigenvalue weighted by molar-refractivity contribution is 1.02. The first kappa shape index (κ1) is 8.43. The predicted molar refractivity (Wildman–Crippen MR) is 47.8 cm³/mol. The summed E-state index contributed by atoms with van der Waals surface area (Å²) in [6, 6.07) is 4.75. The van der Waals surface area contributed by atoms with Gasteiger partial charge in [0.05, 0.1) is 0 Å². The Hall–Kier alpha value is 0.434. The maximum atomic E-state index is 2.30. The minimum Gasteiger partial charge on any atom is -0.0661 e. The first-order valence-electron chi connectivity index (χ1n) is 3.91. The normalized spacial score (nSPS) is 11.6. The summed E-state index contributed by atoms with van der Waals surface area (Å²) in [6.45, 7) is 2.30. The van der Waals surface area contributed by atoms with Gasteiger partial charge in [0.1, 0.15) is 0 Å². The molecule has 0 saturated heterocycles. The summed E-state index contributed by atoms with van der Waals surface area (Å²) >= 11 is 0. The Morgan fingerprint density at radius 3 is 2.62 bits per heavy atom. The van der Waals surface area contributed by atoms with Crippen molar-refractivity contribution >= 4 is 19.8 Å². The molecule has 0 atom stereocenters. The van der Waals surface area contributed by atoms with Crippen LogP contribution in [0.4, 0.5) is 0 Å². The zero-order chi connectivity index (χ0) is 6.24. The summed E-state index contributed by atoms with van der Waals surface area (Å²) in [6.07, 6.45) is 2.99. The highest BCUT2D eigenvalue weighted by Gasteiger charge is 1.84. The van der Waals surface area contributed by atoms with Gasteiger partial charge in [-0.15, -0.1) is 0 Å². The Balaban J connectivity index is 2.53. The molecule has 0 radical (unpaired) electrons. The van der Waals surface area contributed by atoms with E-state index in [1.165, 1.54) is 22.7 Å². The standard InChI is InChI=1S/C6H18Si2/c1-2-5-8-6-3-4-7/h2-6,8H2,1,7H3. The van der Waals surface area contributed by atoms with Crippen molar-refractivity contribution in [1.82, 2.24) is 0 Å². The van der Waals surface area contributed by atoms with E-state index in [9.17, 15) is 0 Å². The van der Waals surface area contributed by atoms with Crippen LogP contribution in [0, 0.1) is 0 Å². The summed E-state index contributed by atoms with van der Waals surface area (Å²) in [5.41, 5.74) is 0. The molecule has 0 aliphatic heterocycles. The van der Waals surface area contributed by atoms with Gasteiger partial charge in [-0.05, 0) is 0 Å². The Bertz CT molecular complexity index is 31.5. The van der Waals surface area contributed by atoms with Gasteiger partial charge in [0.15, 0.2) is 0 Å². The fourth-order valence-electron chi connectivity index (χ4n) is 0.854. The van der Waals surface area contributed by atoms with Crippen molar-refractivity contribution in [3.8, 4) is 0 Å². The molecule has 8 heavy (non-hydrogen) atoms. The molecular weight excluding hydrogens is 128 g/mol. The quantitative estimate of drug-likeness (QED) is 0.393. The van der Waals surface area contributed by atoms with Crippen LogP contribution >= 0.6 is 0 Å². The second-order valence-corrected chi connectivity index (χ2v) is 5.54. The molecule has 0 fully saturated rings. The molecule has 0 N–H and O–H groups in total. The van der Waals surface area contributed by atoms with Gasteiger partial charge in [-0.25, -0.2) is 0 Å². The summed E-state index contributed by atoms with van der Waals surface area (Å²) in [5.74, 6) is 0. The zero-order valence-electron chi connectivity index (χ0n) is 6.24. The minimum absolute atomic E-state index is 0.423. The van der Waals surface area contributed by atoms with Gasteiger partial charge in [0.2, 0.25) is 0 Å². The van der Waals surface area contributed by atoms with Gasteiger partial charge in [-0.3, -0.25) is 0 Å². The van der Waals surface area contributed by atoms with Gasteiger partial charge in [-0.2, -0.15) is 0 Å². The van der Waals surface area contributed by atoms with Gasteiger partial charge < -0.3 is 0 Å². The van der Waals surface area contributed by atoms with Crippen LogP contribution in [-0.2, 0) is 0 Å². The maximum Gasteiger partial charge on any atom is 0.0197 e. The van der Waals surface area contributed by atoms with E-state index in [0.717, 1.165) is 0 Å². The molecule has 0 nitrogen and oxygen atoms in total. The molecular formula is C6H18Si2. The van der Waals surface area contributed by atoms with Gasteiger partial charge >= 0.3 is 0 Å². The lowest BCUT2D eigenvalue weighted by atomic mass is 10.6. The zero-order valence-corrected chi connectivity index (χ0v) is 9.66. The fourth-order valence-corrected chi connectivity index (χ4v) is 4.06. The van der Waals surface area contributed by atoms with E-state index in [1.807, 2.05) is 0 Å². The molecule has 0 saturated carbocycles. The van der Waals surface area contributed by atoms with Crippen molar-refractivity contribution in [2.45, 2.75) is 37.9 Å². The van der Waals surface area contributed by atoms with Crippen LogP contribution in [0.15, 0.2) is 0 Å². The number of hydrogen-bond donors (Lipinski definition) is 0. The van der Waals surface area contributed by atoms with Crippen molar-refractivity contribution in [2.24, 2.45) is 0 Å². The fraction of sp³-hybridized carbons (Fsp3) is 1.00. The molecule has 0 spiro atoms. The first-order chi connectivity index (χ1) is 3.91. The smallest absolute Gasteiger partial charge is 0.0197 e. The van der Waals surface area contributed by atoms with Crippen LogP contribution < -0.4 is 0 Å². The second-order valence-electron chi connectivity index (χ2n) is 2.41. The minimum atomic E-state index is 0.423. The summed E-state index contributed by atoms with van der Waals surface area (Å²) in [7, 11) is 1.85. The summed E-state index contributed by atoms with van der Waals surface area (Å²) in [4.78, 5) is 0. The van der Waals surface area contributed by atoms with Crippen molar-refractivity contribution in [3.05, 3.63) is 0 Å². The van der Waals surface area contributed by atoms with Gasteiger partial charge in [0, 0.05) is 19.8 Å². The highest BCUT2D eigenvalue weighted by atomic mass is 28.2. The molecule has 50 valence electrons. The molecule has 2 heteroatoms. The lowest BCUT2D eigenvalue weighted by Gasteiger charge is -1.92. The van der Waals surface area contributed by atoms with Crippen LogP contribution in [0.5, 0.6) is 0 Å². The van der Waals surface area contributed by atoms with E-state index >= 15 is 0 Å². The van der Waals surface area contributed by atoms with Crippen LogP contribution in [0.3, 0.4) is 0 Å². The van der Waals surface area contributed by atoms with E-state index in [0.29, 0.717) is 9.52 Å². The number of hydrogen-bond acceptors (Lipinski definition) is 0. The van der Waals surface area contributed by atoms with E-state index in [1.54, 1.807) is 18.5 Å². The Labute approximate surface area is 58.3 Å². The molecule has 0 bridgehead atoms. The van der Waals surface area contributed by atoms with Crippen molar-refractivity contribution in [2.75, 3.05) is 0 Å². The Kier molecular flexibility index (Phi) is 7.84. The lowest BCUT2D eigenvalue weighted by Crippen LogP contribution is -1.86. The summed E-state index contributed by atoms with van der Waals surface area (Å²) < 4.78 is 0. The third kappa shape index (κ3) is 6.43. The van der Waals surface area contributed by atoms with Crippen LogP contribution in [0.2, 0.25) is 18.1 Å². The maximum absolute atomic E-state index is 2.30. The molecule has 0 aromatic rings. The molecule has 0 aromatic heterocycles. The first-order valence-corrected chi connectivity index (χ1v) is 7.33. The largest absolute Gasteiger partial charge is 0.0661 e. The van der Waals surface area contributed by atoms with Crippen LogP contribution in [0.25, 0.3) is 0 Å². The molecule has 0 aliphatic carbocycles. The molecule has 0 rings (SSSR count). The van der Waals surface area contributed by atoms with Gasteiger partial charge in [-0.1, -0.05) is 37.9 Å². The monoisotopic (exact) mass is 146 g/mol. The Morgan fingerprint density at radius 2 is 2.12 bits per heavy atom. The highest BCUT2D eigenvalue weighted by molar-refractivity contribution is 6.35. The van der Waals surface area contributed by atoms with Crippen LogP contribution in [-0.4, -0.2) is 19.8 Å². The van der Waals surface area contributed by atoms with Crippen molar-refractivity contribution in [1.29, 1.82) is 0 Å². The van der Waals surface area contributed by atoms with E-state index in [4.69, 9.17) is 0 Å². The van der Waals surface area contributed by atoms with E-state index < -0.39 is 0 Å². The van der Waals surface area contributed by atoms with Crippen molar-refractivity contribution < 1.29 is 0 Å². The number of rotatable bonds is 5. The van der Waals surface area contributed by atoms with E-state index in [2.05, 4.69) is 6.92 Å².